The van der Waals surface area contributed by atoms with E-state index in [-0.39, 0.29) is 18.6 Å². The van der Waals surface area contributed by atoms with Crippen molar-refractivity contribution in [3.8, 4) is 23.0 Å². The SMILES string of the molecule is CC(C)(c1ccc(OCC(O)CSc2ccc3c(c2)CN(c2ccccc2)CO3)cc1)c1ccc(OCC(O)CSc2ccc3c(c2)CN(c2ccccc2)CO3)cc1. The molecule has 2 N–H and O–H groups in total. The molecule has 0 aromatic heterocycles. The fourth-order valence-electron chi connectivity index (χ4n) is 7.19. The average Bonchev–Trinajstić information content (AvgIpc) is 3.29. The summed E-state index contributed by atoms with van der Waals surface area (Å²) in [5, 5.41) is 21.5. The first-order chi connectivity index (χ1) is 28.8. The third-order valence-corrected chi connectivity index (χ3v) is 13.0. The molecular weight excluding hydrogens is 777 g/mol. The Bertz CT molecular complexity index is 2120. The molecule has 8 nitrogen and oxygen atoms in total. The van der Waals surface area contributed by atoms with Crippen LogP contribution in [-0.2, 0) is 18.5 Å². The summed E-state index contributed by atoms with van der Waals surface area (Å²) < 4.78 is 24.0. The molecule has 10 heteroatoms. The highest BCUT2D eigenvalue weighted by atomic mass is 32.2. The Hall–Kier alpha value is -5.26. The van der Waals surface area contributed by atoms with Crippen LogP contribution in [0.3, 0.4) is 0 Å². The van der Waals surface area contributed by atoms with Crippen LogP contribution in [0.15, 0.2) is 155 Å². The van der Waals surface area contributed by atoms with E-state index in [4.69, 9.17) is 18.9 Å². The molecule has 0 spiro atoms. The quantitative estimate of drug-likeness (QED) is 0.0921. The fourth-order valence-corrected chi connectivity index (χ4v) is 8.94. The van der Waals surface area contributed by atoms with E-state index >= 15 is 0 Å². The maximum Gasteiger partial charge on any atom is 0.161 e. The standard InChI is InChI=1S/C49H50N2O6S2/c1-49(2,37-13-17-43(18-14-37)54-29-41(52)31-58-45-21-23-47-35(25-45)27-50(33-56-47)39-9-5-3-6-10-39)38-15-19-44(20-16-38)55-30-42(53)32-59-46-22-24-48-36(26-46)28-51(34-57-48)40-11-7-4-8-12-40/h3-26,41-42,52-53H,27-34H2,1-2H3. The van der Waals surface area contributed by atoms with Crippen LogP contribution >= 0.6 is 23.5 Å². The number of rotatable bonds is 16. The van der Waals surface area contributed by atoms with Crippen molar-refractivity contribution in [3.63, 3.8) is 0 Å². The molecular formula is C49H50N2O6S2. The van der Waals surface area contributed by atoms with Crippen molar-refractivity contribution in [1.82, 2.24) is 0 Å². The van der Waals surface area contributed by atoms with Crippen molar-refractivity contribution in [2.24, 2.45) is 0 Å². The van der Waals surface area contributed by atoms with E-state index in [2.05, 4.69) is 96.4 Å². The molecule has 2 aliphatic heterocycles. The number of nitrogens with zero attached hydrogens (tertiary/aromatic N) is 2. The van der Waals surface area contributed by atoms with Crippen molar-refractivity contribution in [2.45, 2.75) is 54.4 Å². The summed E-state index contributed by atoms with van der Waals surface area (Å²) in [6.45, 7) is 7.41. The summed E-state index contributed by atoms with van der Waals surface area (Å²) in [7, 11) is 0. The van der Waals surface area contributed by atoms with Gasteiger partial charge in [-0.2, -0.15) is 0 Å². The second-order valence-corrected chi connectivity index (χ2v) is 17.6. The van der Waals surface area contributed by atoms with Crippen LogP contribution in [-0.4, -0.2) is 60.6 Å². The lowest BCUT2D eigenvalue weighted by Crippen LogP contribution is -2.31. The number of aliphatic hydroxyl groups excluding tert-OH is 2. The van der Waals surface area contributed by atoms with Crippen LogP contribution in [0.4, 0.5) is 11.4 Å². The van der Waals surface area contributed by atoms with Gasteiger partial charge in [-0.1, -0.05) is 74.5 Å². The van der Waals surface area contributed by atoms with Gasteiger partial charge in [-0.15, -0.1) is 23.5 Å². The summed E-state index contributed by atoms with van der Waals surface area (Å²) in [6, 6.07) is 49.2. The van der Waals surface area contributed by atoms with E-state index in [1.807, 2.05) is 72.8 Å². The second-order valence-electron chi connectivity index (χ2n) is 15.4. The van der Waals surface area contributed by atoms with Gasteiger partial charge in [0.05, 0.1) is 12.2 Å². The van der Waals surface area contributed by atoms with Crippen molar-refractivity contribution < 1.29 is 29.2 Å². The molecule has 0 aliphatic carbocycles. The van der Waals surface area contributed by atoms with Crippen LogP contribution in [0.5, 0.6) is 23.0 Å². The summed E-state index contributed by atoms with van der Waals surface area (Å²) >= 11 is 3.23. The number of hydrogen-bond donors (Lipinski definition) is 2. The maximum atomic E-state index is 10.8. The number of fused-ring (bicyclic) bond motifs is 2. The van der Waals surface area contributed by atoms with Crippen molar-refractivity contribution in [2.75, 3.05) is 48.0 Å². The number of hydrogen-bond acceptors (Lipinski definition) is 10. The molecule has 8 rings (SSSR count). The Morgan fingerprint density at radius 2 is 0.966 bits per heavy atom. The van der Waals surface area contributed by atoms with Crippen molar-refractivity contribution >= 4 is 34.9 Å². The largest absolute Gasteiger partial charge is 0.491 e. The van der Waals surface area contributed by atoms with Crippen LogP contribution < -0.4 is 28.7 Å². The summed E-state index contributed by atoms with van der Waals surface area (Å²) in [4.78, 5) is 6.60. The van der Waals surface area contributed by atoms with E-state index in [0.717, 1.165) is 79.5 Å². The first kappa shape index (κ1) is 40.5. The van der Waals surface area contributed by atoms with Gasteiger partial charge >= 0.3 is 0 Å². The number of para-hydroxylation sites is 2. The van der Waals surface area contributed by atoms with Crippen LogP contribution in [0.25, 0.3) is 0 Å². The van der Waals surface area contributed by atoms with Gasteiger partial charge in [-0.3, -0.25) is 0 Å². The summed E-state index contributed by atoms with van der Waals surface area (Å²) in [5.41, 5.74) is 6.57. The van der Waals surface area contributed by atoms with Gasteiger partial charge in [0, 0.05) is 62.3 Å². The lowest BCUT2D eigenvalue weighted by Gasteiger charge is -2.31. The first-order valence-electron chi connectivity index (χ1n) is 20.0. The van der Waals surface area contributed by atoms with E-state index in [1.165, 1.54) is 0 Å². The molecule has 0 bridgehead atoms. The molecule has 0 fully saturated rings. The van der Waals surface area contributed by atoms with E-state index in [9.17, 15) is 10.2 Å². The fraction of sp³-hybridized carbons (Fsp3) is 0.265. The minimum atomic E-state index is -0.623. The van der Waals surface area contributed by atoms with Gasteiger partial charge in [-0.25, -0.2) is 0 Å². The van der Waals surface area contributed by atoms with Crippen molar-refractivity contribution in [1.29, 1.82) is 0 Å². The Morgan fingerprint density at radius 3 is 1.37 bits per heavy atom. The molecule has 2 heterocycles. The normalized spacial score (nSPS) is 14.6. The third-order valence-electron chi connectivity index (χ3n) is 10.7. The Kier molecular flexibility index (Phi) is 12.9. The van der Waals surface area contributed by atoms with E-state index < -0.39 is 12.2 Å². The van der Waals surface area contributed by atoms with Gasteiger partial charge in [0.15, 0.2) is 13.5 Å². The van der Waals surface area contributed by atoms with Crippen LogP contribution in [0, 0.1) is 0 Å². The Morgan fingerprint density at radius 1 is 0.559 bits per heavy atom. The zero-order valence-corrected chi connectivity index (χ0v) is 35.0. The highest BCUT2D eigenvalue weighted by Gasteiger charge is 2.24. The number of benzene rings is 6. The molecule has 6 aromatic rings. The highest BCUT2D eigenvalue weighted by molar-refractivity contribution is 7.99. The Balaban J connectivity index is 0.765. The number of thioether (sulfide) groups is 2. The van der Waals surface area contributed by atoms with E-state index in [0.29, 0.717) is 25.0 Å². The predicted octanol–water partition coefficient (Wildman–Crippen LogP) is 9.79. The highest BCUT2D eigenvalue weighted by Crippen LogP contribution is 2.36. The third kappa shape index (κ3) is 10.3. The Labute approximate surface area is 355 Å². The molecule has 2 atom stereocenters. The zero-order chi connectivity index (χ0) is 40.6. The second kappa shape index (κ2) is 18.8. The van der Waals surface area contributed by atoms with Crippen LogP contribution in [0.2, 0.25) is 0 Å². The minimum absolute atomic E-state index is 0.206. The minimum Gasteiger partial charge on any atom is -0.491 e. The van der Waals surface area contributed by atoms with E-state index in [1.54, 1.807) is 23.5 Å². The first-order valence-corrected chi connectivity index (χ1v) is 21.9. The summed E-state index contributed by atoms with van der Waals surface area (Å²) in [6.07, 6.45) is -1.25. The number of anilines is 2. The lowest BCUT2D eigenvalue weighted by molar-refractivity contribution is 0.126. The monoisotopic (exact) mass is 826 g/mol. The predicted molar refractivity (Wildman–Crippen MR) is 239 cm³/mol. The van der Waals surface area contributed by atoms with Crippen LogP contribution in [0.1, 0.15) is 36.1 Å². The van der Waals surface area contributed by atoms with Gasteiger partial charge in [0.1, 0.15) is 36.2 Å². The zero-order valence-electron chi connectivity index (χ0n) is 33.4. The lowest BCUT2D eigenvalue weighted by atomic mass is 9.78. The van der Waals surface area contributed by atoms with Crippen molar-refractivity contribution in [3.05, 3.63) is 168 Å². The molecule has 2 aliphatic rings. The smallest absolute Gasteiger partial charge is 0.161 e. The molecule has 0 saturated heterocycles. The number of ether oxygens (including phenoxy) is 4. The van der Waals surface area contributed by atoms with Gasteiger partial charge in [0.2, 0.25) is 0 Å². The molecule has 0 radical (unpaired) electrons. The van der Waals surface area contributed by atoms with Gasteiger partial charge in [0.25, 0.3) is 0 Å². The molecule has 6 aromatic carbocycles. The summed E-state index contributed by atoms with van der Waals surface area (Å²) in [5.74, 6) is 4.30. The van der Waals surface area contributed by atoms with Gasteiger partial charge < -0.3 is 39.0 Å². The molecule has 0 amide bonds. The molecule has 59 heavy (non-hydrogen) atoms. The maximum absolute atomic E-state index is 10.8. The average molecular weight is 827 g/mol. The topological polar surface area (TPSA) is 83.9 Å². The molecule has 304 valence electrons. The number of aliphatic hydroxyl groups is 2. The molecule has 2 unspecified atom stereocenters. The molecule has 0 saturated carbocycles. The van der Waals surface area contributed by atoms with Gasteiger partial charge in [-0.05, 0) is 96.1 Å².